The Morgan fingerprint density at radius 2 is 2.33 bits per heavy atom. The van der Waals surface area contributed by atoms with Gasteiger partial charge in [0, 0.05) is 12.8 Å². The van der Waals surface area contributed by atoms with Crippen molar-refractivity contribution < 1.29 is 14.7 Å². The SMILES string of the molecule is CCCCC(=O)NC(Cc1[nH]cnc1S)C(=O)O. The third-order valence-corrected chi connectivity index (χ3v) is 2.88. The first-order valence-corrected chi connectivity index (χ1v) is 6.22. The summed E-state index contributed by atoms with van der Waals surface area (Å²) >= 11 is 4.09. The molecule has 0 radical (unpaired) electrons. The van der Waals surface area contributed by atoms with E-state index >= 15 is 0 Å². The molecule has 7 heteroatoms. The first kappa shape index (κ1) is 14.6. The number of unbranched alkanes of at least 4 members (excludes halogenated alkanes) is 1. The van der Waals surface area contributed by atoms with Gasteiger partial charge < -0.3 is 15.4 Å². The van der Waals surface area contributed by atoms with E-state index in [0.29, 0.717) is 17.1 Å². The Hall–Kier alpha value is -1.50. The lowest BCUT2D eigenvalue weighted by Crippen LogP contribution is -2.42. The quantitative estimate of drug-likeness (QED) is 0.556. The van der Waals surface area contributed by atoms with Gasteiger partial charge in [-0.3, -0.25) is 4.79 Å². The van der Waals surface area contributed by atoms with Crippen molar-refractivity contribution in [2.24, 2.45) is 0 Å². The molecule has 0 saturated carbocycles. The van der Waals surface area contributed by atoms with E-state index in [1.165, 1.54) is 6.33 Å². The number of aromatic amines is 1. The fourth-order valence-corrected chi connectivity index (χ4v) is 1.69. The van der Waals surface area contributed by atoms with E-state index in [4.69, 9.17) is 5.11 Å². The molecule has 1 aromatic rings. The predicted molar refractivity (Wildman–Crippen MR) is 68.6 cm³/mol. The fourth-order valence-electron chi connectivity index (χ4n) is 1.47. The maximum atomic E-state index is 11.5. The first-order chi connectivity index (χ1) is 8.54. The van der Waals surface area contributed by atoms with Crippen LogP contribution in [-0.2, 0) is 16.0 Å². The third kappa shape index (κ3) is 4.40. The number of rotatable bonds is 7. The normalized spacial score (nSPS) is 12.1. The van der Waals surface area contributed by atoms with Gasteiger partial charge in [0.2, 0.25) is 5.91 Å². The number of carbonyl (C=O) groups is 2. The van der Waals surface area contributed by atoms with Crippen LogP contribution in [0.5, 0.6) is 0 Å². The van der Waals surface area contributed by atoms with Crippen LogP contribution in [0, 0.1) is 0 Å². The van der Waals surface area contributed by atoms with Crippen LogP contribution in [0.3, 0.4) is 0 Å². The highest BCUT2D eigenvalue weighted by Crippen LogP contribution is 2.10. The number of nitrogens with zero attached hydrogens (tertiary/aromatic N) is 1. The number of carboxylic acids is 1. The average molecular weight is 271 g/mol. The number of thiol groups is 1. The van der Waals surface area contributed by atoms with Gasteiger partial charge in [-0.05, 0) is 6.42 Å². The van der Waals surface area contributed by atoms with Gasteiger partial charge in [0.25, 0.3) is 0 Å². The zero-order valence-electron chi connectivity index (χ0n) is 10.1. The summed E-state index contributed by atoms with van der Waals surface area (Å²) in [4.78, 5) is 29.2. The molecule has 0 aliphatic heterocycles. The van der Waals surface area contributed by atoms with Crippen LogP contribution in [0.15, 0.2) is 11.4 Å². The number of aromatic nitrogens is 2. The number of hydrogen-bond donors (Lipinski definition) is 4. The molecule has 1 atom stereocenters. The molecule has 0 spiro atoms. The summed E-state index contributed by atoms with van der Waals surface area (Å²) < 4.78 is 0. The highest BCUT2D eigenvalue weighted by molar-refractivity contribution is 7.80. The smallest absolute Gasteiger partial charge is 0.326 e. The molecular weight excluding hydrogens is 254 g/mol. The fraction of sp³-hybridized carbons (Fsp3) is 0.545. The third-order valence-electron chi connectivity index (χ3n) is 2.49. The minimum atomic E-state index is -1.07. The second-order valence-electron chi connectivity index (χ2n) is 3.97. The molecule has 0 aliphatic carbocycles. The van der Waals surface area contributed by atoms with Gasteiger partial charge in [0.05, 0.1) is 12.0 Å². The molecule has 3 N–H and O–H groups in total. The highest BCUT2D eigenvalue weighted by atomic mass is 32.1. The van der Waals surface area contributed by atoms with Crippen molar-refractivity contribution in [3.8, 4) is 0 Å². The van der Waals surface area contributed by atoms with Gasteiger partial charge in [-0.2, -0.15) is 0 Å². The van der Waals surface area contributed by atoms with E-state index in [9.17, 15) is 9.59 Å². The summed E-state index contributed by atoms with van der Waals surface area (Å²) in [5.74, 6) is -1.31. The number of nitrogens with one attached hydrogen (secondary N) is 2. The molecule has 0 aromatic carbocycles. The van der Waals surface area contributed by atoms with Gasteiger partial charge in [-0.15, -0.1) is 12.6 Å². The lowest BCUT2D eigenvalue weighted by molar-refractivity contribution is -0.141. The van der Waals surface area contributed by atoms with Gasteiger partial charge in [0.15, 0.2) is 0 Å². The van der Waals surface area contributed by atoms with Gasteiger partial charge >= 0.3 is 5.97 Å². The Labute approximate surface area is 111 Å². The molecule has 100 valence electrons. The van der Waals surface area contributed by atoms with Crippen LogP contribution in [0.25, 0.3) is 0 Å². The largest absolute Gasteiger partial charge is 0.480 e. The monoisotopic (exact) mass is 271 g/mol. The topological polar surface area (TPSA) is 95.1 Å². The van der Waals surface area contributed by atoms with E-state index in [-0.39, 0.29) is 12.3 Å². The molecule has 0 saturated heterocycles. The van der Waals surface area contributed by atoms with Gasteiger partial charge in [-0.1, -0.05) is 13.3 Å². The predicted octanol–water partition coefficient (Wildman–Crippen LogP) is 1.00. The van der Waals surface area contributed by atoms with Crippen LogP contribution >= 0.6 is 12.6 Å². The highest BCUT2D eigenvalue weighted by Gasteiger charge is 2.21. The molecule has 0 fully saturated rings. The average Bonchev–Trinajstić information content (AvgIpc) is 2.71. The van der Waals surface area contributed by atoms with Crippen molar-refractivity contribution in [3.05, 3.63) is 12.0 Å². The number of aliphatic carboxylic acids is 1. The maximum Gasteiger partial charge on any atom is 0.326 e. The van der Waals surface area contributed by atoms with Crippen molar-refractivity contribution in [2.75, 3.05) is 0 Å². The van der Waals surface area contributed by atoms with Gasteiger partial charge in [0.1, 0.15) is 11.1 Å². The number of imidazole rings is 1. The molecule has 0 aliphatic rings. The van der Waals surface area contributed by atoms with E-state index in [1.54, 1.807) is 0 Å². The number of hydrogen-bond acceptors (Lipinski definition) is 4. The summed E-state index contributed by atoms with van der Waals surface area (Å²) in [6.07, 6.45) is 3.57. The molecule has 1 amide bonds. The van der Waals surface area contributed by atoms with Crippen molar-refractivity contribution in [1.82, 2.24) is 15.3 Å². The number of carboxylic acid groups (broad SMARTS) is 1. The van der Waals surface area contributed by atoms with E-state index < -0.39 is 12.0 Å². The Bertz CT molecular complexity index is 419. The van der Waals surface area contributed by atoms with Crippen molar-refractivity contribution >= 4 is 24.5 Å². The van der Waals surface area contributed by atoms with Crippen molar-refractivity contribution in [2.45, 2.75) is 43.7 Å². The molecular formula is C11H17N3O3S. The molecule has 1 aromatic heterocycles. The molecule has 1 heterocycles. The van der Waals surface area contributed by atoms with Crippen molar-refractivity contribution in [3.63, 3.8) is 0 Å². The number of H-pyrrole nitrogens is 1. The van der Waals surface area contributed by atoms with Crippen molar-refractivity contribution in [1.29, 1.82) is 0 Å². The Kier molecular flexibility index (Phi) is 5.70. The Morgan fingerprint density at radius 3 is 2.83 bits per heavy atom. The molecule has 1 unspecified atom stereocenters. The molecule has 18 heavy (non-hydrogen) atoms. The number of carbonyl (C=O) groups excluding carboxylic acids is 1. The summed E-state index contributed by atoms with van der Waals surface area (Å²) in [6.45, 7) is 1.97. The molecule has 1 rings (SSSR count). The zero-order valence-corrected chi connectivity index (χ0v) is 11.0. The zero-order chi connectivity index (χ0) is 13.5. The summed E-state index contributed by atoms with van der Waals surface area (Å²) in [5.41, 5.74) is 0.599. The van der Waals surface area contributed by atoms with Crippen LogP contribution in [-0.4, -0.2) is 33.0 Å². The Balaban J connectivity index is 2.58. The lowest BCUT2D eigenvalue weighted by atomic mass is 10.1. The van der Waals surface area contributed by atoms with Crippen LogP contribution in [0.4, 0.5) is 0 Å². The lowest BCUT2D eigenvalue weighted by Gasteiger charge is -2.13. The Morgan fingerprint density at radius 1 is 1.61 bits per heavy atom. The van der Waals surface area contributed by atoms with Crippen LogP contribution < -0.4 is 5.32 Å². The standard InChI is InChI=1S/C11H17N3O3S/c1-2-3-4-9(15)14-8(11(16)17)5-7-10(18)13-6-12-7/h6,8,18H,2-5H2,1H3,(H,12,13)(H,14,15)(H,16,17). The maximum absolute atomic E-state index is 11.5. The summed E-state index contributed by atoms with van der Waals surface area (Å²) in [6, 6.07) is -0.958. The summed E-state index contributed by atoms with van der Waals surface area (Å²) in [5, 5.41) is 12.0. The van der Waals surface area contributed by atoms with E-state index in [0.717, 1.165) is 12.8 Å². The van der Waals surface area contributed by atoms with E-state index in [2.05, 4.69) is 27.9 Å². The minimum Gasteiger partial charge on any atom is -0.480 e. The van der Waals surface area contributed by atoms with Gasteiger partial charge in [-0.25, -0.2) is 9.78 Å². The first-order valence-electron chi connectivity index (χ1n) is 5.78. The molecule has 6 nitrogen and oxygen atoms in total. The second-order valence-corrected chi connectivity index (χ2v) is 4.39. The number of amides is 1. The molecule has 0 bridgehead atoms. The van der Waals surface area contributed by atoms with E-state index in [1.807, 2.05) is 6.92 Å². The summed E-state index contributed by atoms with van der Waals surface area (Å²) in [7, 11) is 0. The second kappa shape index (κ2) is 7.05. The van der Waals surface area contributed by atoms with Crippen LogP contribution in [0.1, 0.15) is 31.9 Å². The minimum absolute atomic E-state index is 0.145. The van der Waals surface area contributed by atoms with Crippen LogP contribution in [0.2, 0.25) is 0 Å².